The summed E-state index contributed by atoms with van der Waals surface area (Å²) in [6, 6.07) is 25.5. The average molecular weight is 291 g/mol. The van der Waals surface area contributed by atoms with Gasteiger partial charge in [-0.15, -0.1) is 0 Å². The standard InChI is InChI=1S/C19H17NO2/c21-18-14-8-7-13-17(18)19(15-9-3-1-4-10-15)20(22)16-11-5-2-6-12-16/h1-14,19,21-22H/t19-/m1/s1. The van der Waals surface area contributed by atoms with E-state index in [0.717, 1.165) is 5.56 Å². The number of benzene rings is 3. The minimum Gasteiger partial charge on any atom is -0.508 e. The van der Waals surface area contributed by atoms with E-state index in [9.17, 15) is 10.3 Å². The zero-order valence-corrected chi connectivity index (χ0v) is 12.0. The third-order valence-corrected chi connectivity index (χ3v) is 3.61. The van der Waals surface area contributed by atoms with Crippen LogP contribution in [-0.4, -0.2) is 10.3 Å². The molecule has 0 aliphatic rings. The molecule has 0 aliphatic carbocycles. The van der Waals surface area contributed by atoms with Crippen molar-refractivity contribution in [3.8, 4) is 5.75 Å². The molecule has 0 spiro atoms. The number of nitrogens with zero attached hydrogens (tertiary/aromatic N) is 1. The molecule has 0 radical (unpaired) electrons. The van der Waals surface area contributed by atoms with Crippen LogP contribution in [0.25, 0.3) is 0 Å². The zero-order valence-electron chi connectivity index (χ0n) is 12.0. The van der Waals surface area contributed by atoms with Crippen molar-refractivity contribution in [3.05, 3.63) is 96.1 Å². The predicted molar refractivity (Wildman–Crippen MR) is 87.1 cm³/mol. The van der Waals surface area contributed by atoms with Crippen molar-refractivity contribution in [1.82, 2.24) is 0 Å². The fraction of sp³-hybridized carbons (Fsp3) is 0.0526. The van der Waals surface area contributed by atoms with Crippen molar-refractivity contribution in [2.45, 2.75) is 6.04 Å². The fourth-order valence-corrected chi connectivity index (χ4v) is 2.54. The number of phenols is 1. The van der Waals surface area contributed by atoms with Gasteiger partial charge in [-0.05, 0) is 23.8 Å². The maximum atomic E-state index is 10.7. The van der Waals surface area contributed by atoms with E-state index < -0.39 is 6.04 Å². The zero-order chi connectivity index (χ0) is 15.4. The molecule has 0 aliphatic heterocycles. The molecular formula is C19H17NO2. The van der Waals surface area contributed by atoms with Crippen LogP contribution in [0.4, 0.5) is 5.69 Å². The van der Waals surface area contributed by atoms with Crippen molar-refractivity contribution in [1.29, 1.82) is 0 Å². The molecule has 22 heavy (non-hydrogen) atoms. The summed E-state index contributed by atoms with van der Waals surface area (Å²) >= 11 is 0. The van der Waals surface area contributed by atoms with Gasteiger partial charge in [0, 0.05) is 5.56 Å². The second-order valence-corrected chi connectivity index (χ2v) is 5.05. The first-order chi connectivity index (χ1) is 10.8. The SMILES string of the molecule is Oc1ccccc1[C@@H](c1ccccc1)N(O)c1ccccc1. The summed E-state index contributed by atoms with van der Waals surface area (Å²) in [6.07, 6.45) is 0. The lowest BCUT2D eigenvalue weighted by molar-refractivity contribution is 0.229. The quantitative estimate of drug-likeness (QED) is 0.701. The van der Waals surface area contributed by atoms with Crippen molar-refractivity contribution in [3.63, 3.8) is 0 Å². The van der Waals surface area contributed by atoms with Crippen LogP contribution < -0.4 is 5.06 Å². The maximum Gasteiger partial charge on any atom is 0.121 e. The average Bonchev–Trinajstić information content (AvgIpc) is 2.58. The van der Waals surface area contributed by atoms with E-state index in [2.05, 4.69) is 0 Å². The summed E-state index contributed by atoms with van der Waals surface area (Å²) in [5.41, 5.74) is 2.22. The molecule has 3 heteroatoms. The molecule has 1 atom stereocenters. The number of para-hydroxylation sites is 2. The van der Waals surface area contributed by atoms with Crippen LogP contribution in [0.5, 0.6) is 5.75 Å². The normalized spacial score (nSPS) is 11.9. The third-order valence-electron chi connectivity index (χ3n) is 3.61. The predicted octanol–water partition coefficient (Wildman–Crippen LogP) is 4.38. The molecular weight excluding hydrogens is 274 g/mol. The van der Waals surface area contributed by atoms with E-state index in [-0.39, 0.29) is 5.75 Å². The molecule has 0 saturated heterocycles. The largest absolute Gasteiger partial charge is 0.508 e. The van der Waals surface area contributed by atoms with Crippen LogP contribution in [0.15, 0.2) is 84.9 Å². The van der Waals surface area contributed by atoms with Crippen molar-refractivity contribution < 1.29 is 10.3 Å². The van der Waals surface area contributed by atoms with Crippen molar-refractivity contribution in [2.75, 3.05) is 5.06 Å². The van der Waals surface area contributed by atoms with Crippen LogP contribution in [-0.2, 0) is 0 Å². The first-order valence-electron chi connectivity index (χ1n) is 7.13. The highest BCUT2D eigenvalue weighted by Crippen LogP contribution is 2.35. The molecule has 0 bridgehead atoms. The molecule has 2 N–H and O–H groups in total. The first kappa shape index (κ1) is 14.2. The van der Waals surface area contributed by atoms with Gasteiger partial charge in [-0.1, -0.05) is 66.7 Å². The fourth-order valence-electron chi connectivity index (χ4n) is 2.54. The number of hydroxylamine groups is 1. The molecule has 0 heterocycles. The van der Waals surface area contributed by atoms with Gasteiger partial charge in [0.15, 0.2) is 0 Å². The Bertz CT molecular complexity index is 729. The molecule has 0 fully saturated rings. The summed E-state index contributed by atoms with van der Waals surface area (Å²) in [6.45, 7) is 0. The third kappa shape index (κ3) is 2.80. The van der Waals surface area contributed by atoms with Crippen LogP contribution in [0.3, 0.4) is 0 Å². The molecule has 3 nitrogen and oxygen atoms in total. The van der Waals surface area contributed by atoms with Gasteiger partial charge in [0.1, 0.15) is 11.8 Å². The Morgan fingerprint density at radius 2 is 1.23 bits per heavy atom. The van der Waals surface area contributed by atoms with Gasteiger partial charge in [0.25, 0.3) is 0 Å². The number of rotatable bonds is 4. The Morgan fingerprint density at radius 1 is 0.682 bits per heavy atom. The van der Waals surface area contributed by atoms with Gasteiger partial charge in [0.05, 0.1) is 5.69 Å². The number of anilines is 1. The topological polar surface area (TPSA) is 43.7 Å². The lowest BCUT2D eigenvalue weighted by Crippen LogP contribution is -2.25. The number of hydrogen-bond acceptors (Lipinski definition) is 3. The van der Waals surface area contributed by atoms with E-state index in [1.54, 1.807) is 12.1 Å². The second kappa shape index (κ2) is 6.33. The van der Waals surface area contributed by atoms with Gasteiger partial charge < -0.3 is 5.11 Å². The van der Waals surface area contributed by atoms with Gasteiger partial charge in [-0.2, -0.15) is 0 Å². The van der Waals surface area contributed by atoms with Crippen molar-refractivity contribution in [2.24, 2.45) is 0 Å². The van der Waals surface area contributed by atoms with E-state index in [4.69, 9.17) is 0 Å². The summed E-state index contributed by atoms with van der Waals surface area (Å²) in [5, 5.41) is 22.1. The molecule has 3 rings (SSSR count). The molecule has 0 aromatic heterocycles. The Morgan fingerprint density at radius 3 is 1.86 bits per heavy atom. The molecule has 0 saturated carbocycles. The number of aromatic hydroxyl groups is 1. The highest BCUT2D eigenvalue weighted by atomic mass is 16.5. The van der Waals surface area contributed by atoms with Crippen LogP contribution in [0, 0.1) is 0 Å². The first-order valence-corrected chi connectivity index (χ1v) is 7.13. The second-order valence-electron chi connectivity index (χ2n) is 5.05. The smallest absolute Gasteiger partial charge is 0.121 e. The van der Waals surface area contributed by atoms with Gasteiger partial charge in [0.2, 0.25) is 0 Å². The van der Waals surface area contributed by atoms with Crippen LogP contribution >= 0.6 is 0 Å². The van der Waals surface area contributed by atoms with Gasteiger partial charge in [-0.3, -0.25) is 5.21 Å². The lowest BCUT2D eigenvalue weighted by atomic mass is 9.97. The van der Waals surface area contributed by atoms with Gasteiger partial charge >= 0.3 is 0 Å². The van der Waals surface area contributed by atoms with E-state index in [1.165, 1.54) is 5.06 Å². The summed E-state index contributed by atoms with van der Waals surface area (Å²) in [7, 11) is 0. The van der Waals surface area contributed by atoms with E-state index >= 15 is 0 Å². The Balaban J connectivity index is 2.10. The summed E-state index contributed by atoms with van der Waals surface area (Å²) in [4.78, 5) is 0. The molecule has 3 aromatic rings. The highest BCUT2D eigenvalue weighted by Gasteiger charge is 2.24. The Kier molecular flexibility index (Phi) is 4.08. The number of hydrogen-bond donors (Lipinski definition) is 2. The van der Waals surface area contributed by atoms with Gasteiger partial charge in [-0.25, -0.2) is 5.06 Å². The number of phenolic OH excluding ortho intramolecular Hbond substituents is 1. The van der Waals surface area contributed by atoms with Crippen molar-refractivity contribution >= 4 is 5.69 Å². The van der Waals surface area contributed by atoms with Crippen LogP contribution in [0.2, 0.25) is 0 Å². The minimum atomic E-state index is -0.482. The van der Waals surface area contributed by atoms with E-state index in [0.29, 0.717) is 11.3 Å². The van der Waals surface area contributed by atoms with E-state index in [1.807, 2.05) is 72.8 Å². The summed E-state index contributed by atoms with van der Waals surface area (Å²) in [5.74, 6) is 0.159. The molecule has 110 valence electrons. The molecule has 3 aromatic carbocycles. The maximum absolute atomic E-state index is 10.7. The highest BCUT2D eigenvalue weighted by molar-refractivity contribution is 5.52. The Hall–Kier alpha value is -2.78. The Labute approximate surface area is 129 Å². The van der Waals surface area contributed by atoms with Crippen LogP contribution in [0.1, 0.15) is 17.2 Å². The lowest BCUT2D eigenvalue weighted by Gasteiger charge is -2.29. The summed E-state index contributed by atoms with van der Waals surface area (Å²) < 4.78 is 0. The molecule has 0 unspecified atom stereocenters. The minimum absolute atomic E-state index is 0.159. The monoisotopic (exact) mass is 291 g/mol. The molecule has 0 amide bonds.